The molecule has 0 bridgehead atoms. The topological polar surface area (TPSA) is 88.2 Å². The Balaban J connectivity index is 1.69. The first-order chi connectivity index (χ1) is 13.4. The summed E-state index contributed by atoms with van der Waals surface area (Å²) in [7, 11) is -3.84. The quantitative estimate of drug-likeness (QED) is 0.615. The van der Waals surface area contributed by atoms with Gasteiger partial charge in [-0.05, 0) is 54.1 Å². The molecular weight excluding hydrogens is 421 g/mol. The van der Waals surface area contributed by atoms with Crippen molar-refractivity contribution in [3.8, 4) is 0 Å². The first-order valence-electron chi connectivity index (χ1n) is 8.10. The van der Waals surface area contributed by atoms with Crippen LogP contribution in [0.15, 0.2) is 76.8 Å². The summed E-state index contributed by atoms with van der Waals surface area (Å²) >= 11 is 11.9. The fourth-order valence-electron chi connectivity index (χ4n) is 2.39. The summed E-state index contributed by atoms with van der Waals surface area (Å²) in [5.74, 6) is 0. The van der Waals surface area contributed by atoms with Crippen LogP contribution in [0.3, 0.4) is 0 Å². The van der Waals surface area contributed by atoms with Gasteiger partial charge in [0.1, 0.15) is 0 Å². The minimum Gasteiger partial charge on any atom is -0.334 e. The standard InChI is InChI=1S/C19H15Cl2N3O3S/c20-14-3-8-17(21)18(10-14)28(26,27)16-6-4-15(5-7-16)24-19(25)23-12-13-2-1-9-22-11-13/h1-11H,12H2,(H2,23,24,25). The van der Waals surface area contributed by atoms with Crippen LogP contribution in [-0.2, 0) is 16.4 Å². The third-order valence-corrected chi connectivity index (χ3v) is 6.27. The summed E-state index contributed by atoms with van der Waals surface area (Å²) in [6.07, 6.45) is 3.30. The van der Waals surface area contributed by atoms with E-state index in [0.29, 0.717) is 12.2 Å². The Hall–Kier alpha value is -2.61. The highest BCUT2D eigenvalue weighted by Gasteiger charge is 2.21. The first-order valence-corrected chi connectivity index (χ1v) is 10.3. The molecule has 2 amide bonds. The number of hydrogen-bond acceptors (Lipinski definition) is 4. The summed E-state index contributed by atoms with van der Waals surface area (Å²) in [5, 5.41) is 5.68. The minimum atomic E-state index is -3.84. The molecule has 2 aromatic carbocycles. The van der Waals surface area contributed by atoms with E-state index in [9.17, 15) is 13.2 Å². The van der Waals surface area contributed by atoms with E-state index in [2.05, 4.69) is 15.6 Å². The van der Waals surface area contributed by atoms with Crippen LogP contribution in [-0.4, -0.2) is 19.4 Å². The van der Waals surface area contributed by atoms with E-state index in [1.54, 1.807) is 18.5 Å². The van der Waals surface area contributed by atoms with Gasteiger partial charge in [0.05, 0.1) is 14.8 Å². The van der Waals surface area contributed by atoms with Crippen LogP contribution in [0.25, 0.3) is 0 Å². The number of aromatic nitrogens is 1. The number of nitrogens with zero attached hydrogens (tertiary/aromatic N) is 1. The lowest BCUT2D eigenvalue weighted by molar-refractivity contribution is 0.251. The lowest BCUT2D eigenvalue weighted by Gasteiger charge is -2.10. The predicted octanol–water partition coefficient (Wildman–Crippen LogP) is 4.54. The highest BCUT2D eigenvalue weighted by molar-refractivity contribution is 7.91. The Kier molecular flexibility index (Phi) is 6.18. The van der Waals surface area contributed by atoms with Crippen molar-refractivity contribution in [3.63, 3.8) is 0 Å². The molecule has 28 heavy (non-hydrogen) atoms. The van der Waals surface area contributed by atoms with E-state index >= 15 is 0 Å². The van der Waals surface area contributed by atoms with Gasteiger partial charge in [-0.3, -0.25) is 4.98 Å². The zero-order valence-corrected chi connectivity index (χ0v) is 16.7. The number of carbonyl (C=O) groups excluding carboxylic acids is 1. The molecule has 0 aliphatic rings. The van der Waals surface area contributed by atoms with Gasteiger partial charge < -0.3 is 10.6 Å². The van der Waals surface area contributed by atoms with Crippen LogP contribution in [0.4, 0.5) is 10.5 Å². The minimum absolute atomic E-state index is 0.0398. The number of halogens is 2. The maximum absolute atomic E-state index is 12.8. The Bertz CT molecular complexity index is 1090. The number of anilines is 1. The number of pyridine rings is 1. The first kappa shape index (κ1) is 20.1. The molecule has 0 radical (unpaired) electrons. The van der Waals surface area contributed by atoms with Gasteiger partial charge in [-0.25, -0.2) is 13.2 Å². The SMILES string of the molecule is O=C(NCc1cccnc1)Nc1ccc(S(=O)(=O)c2cc(Cl)ccc2Cl)cc1. The lowest BCUT2D eigenvalue weighted by atomic mass is 10.3. The summed E-state index contributed by atoms with van der Waals surface area (Å²) < 4.78 is 25.5. The van der Waals surface area contributed by atoms with Gasteiger partial charge in [-0.2, -0.15) is 0 Å². The van der Waals surface area contributed by atoms with Gasteiger partial charge >= 0.3 is 6.03 Å². The van der Waals surface area contributed by atoms with Crippen molar-refractivity contribution >= 4 is 44.8 Å². The van der Waals surface area contributed by atoms with E-state index in [1.165, 1.54) is 42.5 Å². The molecule has 0 aliphatic heterocycles. The van der Waals surface area contributed by atoms with Crippen LogP contribution >= 0.6 is 23.2 Å². The molecule has 0 unspecified atom stereocenters. The molecule has 1 aromatic heterocycles. The second-order valence-electron chi connectivity index (χ2n) is 5.77. The largest absolute Gasteiger partial charge is 0.334 e. The molecule has 0 saturated carbocycles. The van der Waals surface area contributed by atoms with Crippen LogP contribution < -0.4 is 10.6 Å². The monoisotopic (exact) mass is 435 g/mol. The fourth-order valence-corrected chi connectivity index (χ4v) is 4.40. The fraction of sp³-hybridized carbons (Fsp3) is 0.0526. The summed E-state index contributed by atoms with van der Waals surface area (Å²) in [6, 6.07) is 13.2. The third-order valence-electron chi connectivity index (χ3n) is 3.78. The lowest BCUT2D eigenvalue weighted by Crippen LogP contribution is -2.28. The maximum Gasteiger partial charge on any atom is 0.319 e. The van der Waals surface area contributed by atoms with Crippen LogP contribution in [0.1, 0.15) is 5.56 Å². The Labute approximate surface area is 172 Å². The Morgan fingerprint density at radius 2 is 1.79 bits per heavy atom. The van der Waals surface area contributed by atoms with E-state index in [1.807, 2.05) is 6.07 Å². The number of urea groups is 1. The van der Waals surface area contributed by atoms with Gasteiger partial charge in [0.25, 0.3) is 0 Å². The molecule has 9 heteroatoms. The number of carbonyl (C=O) groups is 1. The Morgan fingerprint density at radius 1 is 1.04 bits per heavy atom. The summed E-state index contributed by atoms with van der Waals surface area (Å²) in [5.41, 5.74) is 1.30. The summed E-state index contributed by atoms with van der Waals surface area (Å²) in [6.45, 7) is 0.319. The molecule has 0 spiro atoms. The van der Waals surface area contributed by atoms with Crippen molar-refractivity contribution in [2.75, 3.05) is 5.32 Å². The molecule has 1 heterocycles. The number of amides is 2. The number of rotatable bonds is 5. The highest BCUT2D eigenvalue weighted by Crippen LogP contribution is 2.30. The van der Waals surface area contributed by atoms with E-state index < -0.39 is 15.9 Å². The molecule has 0 aliphatic carbocycles. The average molecular weight is 436 g/mol. The maximum atomic E-state index is 12.8. The highest BCUT2D eigenvalue weighted by atomic mass is 35.5. The third kappa shape index (κ3) is 4.81. The van der Waals surface area contributed by atoms with Gasteiger partial charge in [-0.15, -0.1) is 0 Å². The molecule has 2 N–H and O–H groups in total. The smallest absolute Gasteiger partial charge is 0.319 e. The van der Waals surface area contributed by atoms with Crippen LogP contribution in [0.2, 0.25) is 10.0 Å². The van der Waals surface area contributed by atoms with E-state index in [4.69, 9.17) is 23.2 Å². The van der Waals surface area contributed by atoms with E-state index in [0.717, 1.165) is 5.56 Å². The second-order valence-corrected chi connectivity index (χ2v) is 8.53. The normalized spacial score (nSPS) is 11.1. The van der Waals surface area contributed by atoms with Gasteiger partial charge in [0, 0.05) is 29.6 Å². The molecule has 0 saturated heterocycles. The molecule has 144 valence electrons. The number of hydrogen-bond donors (Lipinski definition) is 2. The number of nitrogens with one attached hydrogen (secondary N) is 2. The van der Waals surface area contributed by atoms with Crippen LogP contribution in [0.5, 0.6) is 0 Å². The van der Waals surface area contributed by atoms with E-state index in [-0.39, 0.29) is 19.8 Å². The zero-order valence-electron chi connectivity index (χ0n) is 14.4. The molecular formula is C19H15Cl2N3O3S. The van der Waals surface area contributed by atoms with Crippen molar-refractivity contribution < 1.29 is 13.2 Å². The number of sulfone groups is 1. The molecule has 3 rings (SSSR count). The average Bonchev–Trinajstić information content (AvgIpc) is 2.69. The molecule has 0 atom stereocenters. The van der Waals surface area contributed by atoms with Gasteiger partial charge in [-0.1, -0.05) is 29.3 Å². The zero-order chi connectivity index (χ0) is 20.1. The van der Waals surface area contributed by atoms with Crippen molar-refractivity contribution in [1.82, 2.24) is 10.3 Å². The van der Waals surface area contributed by atoms with Crippen molar-refractivity contribution in [2.24, 2.45) is 0 Å². The van der Waals surface area contributed by atoms with Gasteiger partial charge in [0.2, 0.25) is 9.84 Å². The molecule has 6 nitrogen and oxygen atoms in total. The predicted molar refractivity (Wildman–Crippen MR) is 108 cm³/mol. The van der Waals surface area contributed by atoms with Gasteiger partial charge in [0.15, 0.2) is 0 Å². The Morgan fingerprint density at radius 3 is 2.46 bits per heavy atom. The number of benzene rings is 2. The second kappa shape index (κ2) is 8.60. The van der Waals surface area contributed by atoms with Crippen molar-refractivity contribution in [3.05, 3.63) is 82.6 Å². The van der Waals surface area contributed by atoms with Crippen LogP contribution in [0, 0.1) is 0 Å². The molecule has 0 fully saturated rings. The summed E-state index contributed by atoms with van der Waals surface area (Å²) in [4.78, 5) is 15.9. The molecule has 3 aromatic rings. The van der Waals surface area contributed by atoms with Crippen molar-refractivity contribution in [1.29, 1.82) is 0 Å². The van der Waals surface area contributed by atoms with Crippen molar-refractivity contribution in [2.45, 2.75) is 16.3 Å².